The van der Waals surface area contributed by atoms with Crippen molar-refractivity contribution in [2.75, 3.05) is 43.1 Å². The van der Waals surface area contributed by atoms with Crippen LogP contribution in [0.2, 0.25) is 0 Å². The molecule has 38 heavy (non-hydrogen) atoms. The van der Waals surface area contributed by atoms with E-state index >= 15 is 0 Å². The van der Waals surface area contributed by atoms with Gasteiger partial charge in [-0.3, -0.25) is 9.36 Å². The van der Waals surface area contributed by atoms with E-state index in [1.807, 2.05) is 4.90 Å². The molecule has 202 valence electrons. The molecule has 1 aromatic carbocycles. The van der Waals surface area contributed by atoms with Gasteiger partial charge in [0.2, 0.25) is 23.8 Å². The van der Waals surface area contributed by atoms with Gasteiger partial charge >= 0.3 is 0 Å². The molecule has 0 unspecified atom stereocenters. The third kappa shape index (κ3) is 5.01. The van der Waals surface area contributed by atoms with Crippen LogP contribution in [0.25, 0.3) is 17.0 Å². The Bertz CT molecular complexity index is 1290. The summed E-state index contributed by atoms with van der Waals surface area (Å²) in [5, 5.41) is 3.45. The molecule has 0 atom stereocenters. The number of likely N-dealkylation sites (tertiary alicyclic amines) is 1. The third-order valence-corrected chi connectivity index (χ3v) is 7.72. The average molecular weight is 527 g/mol. The lowest BCUT2D eigenvalue weighted by atomic mass is 9.89. The normalized spacial score (nSPS) is 22.9. The lowest BCUT2D eigenvalue weighted by molar-refractivity contribution is -0.136. The van der Waals surface area contributed by atoms with E-state index in [1.54, 1.807) is 24.3 Å². The second-order valence-corrected chi connectivity index (χ2v) is 10.1. The van der Waals surface area contributed by atoms with Crippen molar-refractivity contribution < 1.29 is 18.3 Å². The Morgan fingerprint density at radius 2 is 1.68 bits per heavy atom. The van der Waals surface area contributed by atoms with Gasteiger partial charge in [0.1, 0.15) is 0 Å². The van der Waals surface area contributed by atoms with Gasteiger partial charge < -0.3 is 19.9 Å². The number of morpholine rings is 1. The van der Waals surface area contributed by atoms with Crippen molar-refractivity contribution in [2.45, 2.75) is 63.5 Å². The monoisotopic (exact) mass is 526 g/mol. The molecule has 0 spiro atoms. The Labute approximate surface area is 219 Å². The Morgan fingerprint density at radius 3 is 2.45 bits per heavy atom. The standard InChI is InChI=1S/C26H32F2N8O2/c27-22(28)23-30-19-5-1-2-6-20(19)36(23)26-32-24(31-25(33-26)34-13-15-38-16-14-34)29-17-8-10-18(11-9-17)35-12-4-3-7-21(35)37/h1-2,5-6,17-18,22H,3-4,7-16H2,(H,29,31,32,33)/t17-,18-. The van der Waals surface area contributed by atoms with E-state index in [2.05, 4.69) is 30.2 Å². The maximum atomic E-state index is 14.1. The number of benzene rings is 1. The van der Waals surface area contributed by atoms with Crippen molar-refractivity contribution in [2.24, 2.45) is 0 Å². The summed E-state index contributed by atoms with van der Waals surface area (Å²) >= 11 is 0. The van der Waals surface area contributed by atoms with Crippen LogP contribution in [-0.4, -0.2) is 80.2 Å². The average Bonchev–Trinajstić information content (AvgIpc) is 3.34. The molecule has 1 N–H and O–H groups in total. The first kappa shape index (κ1) is 24.9. The predicted octanol–water partition coefficient (Wildman–Crippen LogP) is 3.72. The quantitative estimate of drug-likeness (QED) is 0.519. The van der Waals surface area contributed by atoms with Gasteiger partial charge in [-0.05, 0) is 50.7 Å². The molecular formula is C26H32F2N8O2. The zero-order chi connectivity index (χ0) is 26.1. The molecule has 1 saturated carbocycles. The molecule has 12 heteroatoms. The summed E-state index contributed by atoms with van der Waals surface area (Å²) in [5.41, 5.74) is 0.968. The Kier molecular flexibility index (Phi) is 7.05. The van der Waals surface area contributed by atoms with Gasteiger partial charge in [0.05, 0.1) is 24.2 Å². The van der Waals surface area contributed by atoms with Gasteiger partial charge in [0, 0.05) is 38.1 Å². The fourth-order valence-corrected chi connectivity index (χ4v) is 5.75. The highest BCUT2D eigenvalue weighted by Gasteiger charge is 2.31. The van der Waals surface area contributed by atoms with Crippen molar-refractivity contribution in [3.63, 3.8) is 0 Å². The van der Waals surface area contributed by atoms with Crippen molar-refractivity contribution in [3.05, 3.63) is 30.1 Å². The summed E-state index contributed by atoms with van der Waals surface area (Å²) in [5.74, 6) is 0.759. The second kappa shape index (κ2) is 10.8. The van der Waals surface area contributed by atoms with Crippen LogP contribution in [0.15, 0.2) is 24.3 Å². The second-order valence-electron chi connectivity index (χ2n) is 10.1. The van der Waals surface area contributed by atoms with E-state index in [0.29, 0.717) is 55.7 Å². The molecule has 10 nitrogen and oxygen atoms in total. The number of carbonyl (C=O) groups is 1. The fourth-order valence-electron chi connectivity index (χ4n) is 5.75. The van der Waals surface area contributed by atoms with Crippen molar-refractivity contribution in [3.8, 4) is 5.95 Å². The number of aromatic nitrogens is 5. The topological polar surface area (TPSA) is 101 Å². The molecule has 1 amide bonds. The van der Waals surface area contributed by atoms with E-state index in [1.165, 1.54) is 4.57 Å². The number of ether oxygens (including phenoxy) is 1. The smallest absolute Gasteiger partial charge is 0.296 e. The maximum absolute atomic E-state index is 14.1. The number of carbonyl (C=O) groups excluding carboxylic acids is 1. The summed E-state index contributed by atoms with van der Waals surface area (Å²) in [6.45, 7) is 3.14. The van der Waals surface area contributed by atoms with Crippen LogP contribution in [0.3, 0.4) is 0 Å². The number of hydrogen-bond acceptors (Lipinski definition) is 8. The summed E-state index contributed by atoms with van der Waals surface area (Å²) in [6, 6.07) is 7.39. The van der Waals surface area contributed by atoms with Crippen LogP contribution in [-0.2, 0) is 9.53 Å². The van der Waals surface area contributed by atoms with E-state index < -0.39 is 12.2 Å². The van der Waals surface area contributed by atoms with Crippen molar-refractivity contribution >= 4 is 28.8 Å². The van der Waals surface area contributed by atoms with Crippen LogP contribution in [0, 0.1) is 0 Å². The van der Waals surface area contributed by atoms with E-state index in [0.717, 1.165) is 45.1 Å². The van der Waals surface area contributed by atoms with Gasteiger partial charge in [-0.2, -0.15) is 15.0 Å². The van der Waals surface area contributed by atoms with E-state index in [9.17, 15) is 13.6 Å². The number of rotatable bonds is 6. The minimum atomic E-state index is -2.80. The number of anilines is 2. The molecule has 0 radical (unpaired) electrons. The predicted molar refractivity (Wildman–Crippen MR) is 138 cm³/mol. The largest absolute Gasteiger partial charge is 0.378 e. The van der Waals surface area contributed by atoms with E-state index in [4.69, 9.17) is 4.74 Å². The number of fused-ring (bicyclic) bond motifs is 1. The highest BCUT2D eigenvalue weighted by molar-refractivity contribution is 5.78. The van der Waals surface area contributed by atoms with E-state index in [-0.39, 0.29) is 23.9 Å². The Balaban J connectivity index is 1.29. The minimum absolute atomic E-state index is 0.112. The molecule has 3 aliphatic rings. The minimum Gasteiger partial charge on any atom is -0.378 e. The number of imidazole rings is 1. The Morgan fingerprint density at radius 1 is 0.921 bits per heavy atom. The first-order chi connectivity index (χ1) is 18.6. The van der Waals surface area contributed by atoms with Crippen LogP contribution in [0.4, 0.5) is 20.7 Å². The summed E-state index contributed by atoms with van der Waals surface area (Å²) < 4.78 is 35.0. The molecule has 2 saturated heterocycles. The van der Waals surface area contributed by atoms with Gasteiger partial charge in [0.25, 0.3) is 6.43 Å². The van der Waals surface area contributed by atoms with Crippen LogP contribution < -0.4 is 10.2 Å². The summed E-state index contributed by atoms with van der Waals surface area (Å²) in [7, 11) is 0. The number of alkyl halides is 2. The number of halogens is 2. The molecule has 3 aromatic rings. The van der Waals surface area contributed by atoms with Gasteiger partial charge in [-0.15, -0.1) is 0 Å². The van der Waals surface area contributed by atoms with Crippen LogP contribution >= 0.6 is 0 Å². The zero-order valence-electron chi connectivity index (χ0n) is 21.2. The molecule has 0 bridgehead atoms. The molecule has 2 aromatic heterocycles. The number of nitrogens with one attached hydrogen (secondary N) is 1. The van der Waals surface area contributed by atoms with Gasteiger partial charge in [0.15, 0.2) is 5.82 Å². The molecule has 4 heterocycles. The molecule has 1 aliphatic carbocycles. The number of para-hydroxylation sites is 2. The SMILES string of the molecule is O=C1CCCCN1[C@H]1CC[C@H](Nc2nc(N3CCOCC3)nc(-n3c(C(F)F)nc4ccccc43)n2)CC1. The molecule has 2 aliphatic heterocycles. The lowest BCUT2D eigenvalue weighted by Gasteiger charge is -2.39. The summed E-state index contributed by atoms with van der Waals surface area (Å²) in [6.07, 6.45) is 3.50. The highest BCUT2D eigenvalue weighted by atomic mass is 19.3. The van der Waals surface area contributed by atoms with Gasteiger partial charge in [-0.25, -0.2) is 13.8 Å². The molecular weight excluding hydrogens is 494 g/mol. The first-order valence-electron chi connectivity index (χ1n) is 13.5. The van der Waals surface area contributed by atoms with Crippen molar-refractivity contribution in [1.29, 1.82) is 0 Å². The number of hydrogen-bond donors (Lipinski definition) is 1. The first-order valence-corrected chi connectivity index (χ1v) is 13.5. The van der Waals surface area contributed by atoms with Crippen LogP contribution in [0.1, 0.15) is 57.2 Å². The lowest BCUT2D eigenvalue weighted by Crippen LogP contribution is -2.46. The highest BCUT2D eigenvalue weighted by Crippen LogP contribution is 2.30. The Hall–Kier alpha value is -3.41. The van der Waals surface area contributed by atoms with Crippen LogP contribution in [0.5, 0.6) is 0 Å². The number of amides is 1. The zero-order valence-corrected chi connectivity index (χ0v) is 21.2. The molecule has 6 rings (SSSR count). The fraction of sp³-hybridized carbons (Fsp3) is 0.577. The van der Waals surface area contributed by atoms with Crippen molar-refractivity contribution in [1.82, 2.24) is 29.4 Å². The maximum Gasteiger partial charge on any atom is 0.296 e. The van der Waals surface area contributed by atoms with Gasteiger partial charge in [-0.1, -0.05) is 12.1 Å². The third-order valence-electron chi connectivity index (χ3n) is 7.72. The summed E-state index contributed by atoms with van der Waals surface area (Å²) in [4.78, 5) is 34.5. The number of nitrogens with zero attached hydrogens (tertiary/aromatic N) is 7. The molecule has 3 fully saturated rings. The number of piperidine rings is 1.